The molecule has 6 heteroatoms. The summed E-state index contributed by atoms with van der Waals surface area (Å²) in [6.45, 7) is 0. The Morgan fingerprint density at radius 3 is 2.71 bits per heavy atom. The predicted molar refractivity (Wildman–Crippen MR) is 65.3 cm³/mol. The van der Waals surface area contributed by atoms with E-state index < -0.39 is 4.92 Å². The average Bonchev–Trinajstić information content (AvgIpc) is 2.74. The van der Waals surface area contributed by atoms with Gasteiger partial charge in [0.25, 0.3) is 5.69 Å². The molecule has 86 valence electrons. The quantitative estimate of drug-likeness (QED) is 0.513. The van der Waals surface area contributed by atoms with Crippen LogP contribution < -0.4 is 5.73 Å². The van der Waals surface area contributed by atoms with Crippen LogP contribution in [0.2, 0.25) is 0 Å². The van der Waals surface area contributed by atoms with Crippen molar-refractivity contribution >= 4 is 27.8 Å². The third-order valence-corrected chi connectivity index (χ3v) is 3.00. The van der Waals surface area contributed by atoms with E-state index in [2.05, 4.69) is 0 Å². The van der Waals surface area contributed by atoms with Gasteiger partial charge >= 0.3 is 0 Å². The fourth-order valence-electron chi connectivity index (χ4n) is 1.42. The van der Waals surface area contributed by atoms with Gasteiger partial charge in [0, 0.05) is 17.7 Å². The normalized spacial score (nSPS) is 10.1. The zero-order chi connectivity index (χ0) is 12.4. The number of nitro groups is 1. The lowest BCUT2D eigenvalue weighted by Crippen LogP contribution is -2.03. The first-order valence-electron chi connectivity index (χ1n) is 4.71. The summed E-state index contributed by atoms with van der Waals surface area (Å²) in [5.74, 6) is -0.299. The highest BCUT2D eigenvalue weighted by atomic mass is 32.1. The van der Waals surface area contributed by atoms with Crippen LogP contribution in [-0.4, -0.2) is 10.7 Å². The first-order chi connectivity index (χ1) is 8.09. The number of hydrogen-bond acceptors (Lipinski definition) is 5. The molecule has 2 aromatic rings. The summed E-state index contributed by atoms with van der Waals surface area (Å²) in [6.07, 6.45) is 0. The molecule has 0 saturated heterocycles. The number of nitrogen functional groups attached to an aromatic ring is 1. The van der Waals surface area contributed by atoms with E-state index >= 15 is 0 Å². The summed E-state index contributed by atoms with van der Waals surface area (Å²) in [7, 11) is 0. The van der Waals surface area contributed by atoms with Crippen molar-refractivity contribution in [3.8, 4) is 0 Å². The summed E-state index contributed by atoms with van der Waals surface area (Å²) in [5.41, 5.74) is 6.19. The van der Waals surface area contributed by atoms with Gasteiger partial charge in [-0.25, -0.2) is 0 Å². The van der Waals surface area contributed by atoms with E-state index in [1.807, 2.05) is 0 Å². The first kappa shape index (κ1) is 11.3. The lowest BCUT2D eigenvalue weighted by molar-refractivity contribution is -0.384. The highest BCUT2D eigenvalue weighted by Crippen LogP contribution is 2.23. The Bertz CT molecular complexity index is 592. The molecule has 0 unspecified atom stereocenters. The molecule has 2 rings (SSSR count). The van der Waals surface area contributed by atoms with Crippen LogP contribution in [0.3, 0.4) is 0 Å². The molecule has 17 heavy (non-hydrogen) atoms. The molecule has 0 amide bonds. The number of nitro benzene ring substituents is 1. The summed E-state index contributed by atoms with van der Waals surface area (Å²) in [4.78, 5) is 22.1. The molecule has 0 aliphatic rings. The van der Waals surface area contributed by atoms with Gasteiger partial charge in [-0.2, -0.15) is 0 Å². The van der Waals surface area contributed by atoms with Crippen LogP contribution in [0.15, 0.2) is 35.7 Å². The lowest BCUT2D eigenvalue weighted by Gasteiger charge is -1.99. The molecule has 0 fully saturated rings. The van der Waals surface area contributed by atoms with Crippen LogP contribution in [0.5, 0.6) is 0 Å². The maximum Gasteiger partial charge on any atom is 0.270 e. The SMILES string of the molecule is Nc1sccc1C(=O)c1cccc([N+](=O)[O-])c1. The third kappa shape index (κ3) is 2.16. The fraction of sp³-hybridized carbons (Fsp3) is 0. The Kier molecular flexibility index (Phi) is 2.88. The molecule has 0 aliphatic heterocycles. The molecule has 0 radical (unpaired) electrons. The van der Waals surface area contributed by atoms with Crippen LogP contribution in [0, 0.1) is 10.1 Å². The van der Waals surface area contributed by atoms with Gasteiger partial charge in [0.2, 0.25) is 0 Å². The second-order valence-corrected chi connectivity index (χ2v) is 4.28. The maximum atomic E-state index is 12.0. The molecule has 0 saturated carbocycles. The number of nitrogens with two attached hydrogens (primary N) is 1. The molecule has 0 atom stereocenters. The molecule has 0 spiro atoms. The number of non-ortho nitro benzene ring substituents is 1. The van der Waals surface area contributed by atoms with E-state index in [1.54, 1.807) is 11.4 Å². The van der Waals surface area contributed by atoms with Crippen molar-refractivity contribution in [2.75, 3.05) is 5.73 Å². The number of rotatable bonds is 3. The summed E-state index contributed by atoms with van der Waals surface area (Å²) in [5, 5.41) is 12.7. The van der Waals surface area contributed by atoms with E-state index in [9.17, 15) is 14.9 Å². The highest BCUT2D eigenvalue weighted by molar-refractivity contribution is 7.14. The van der Waals surface area contributed by atoms with E-state index in [1.165, 1.54) is 35.6 Å². The fourth-order valence-corrected chi connectivity index (χ4v) is 2.06. The Morgan fingerprint density at radius 1 is 1.35 bits per heavy atom. The smallest absolute Gasteiger partial charge is 0.270 e. The third-order valence-electron chi connectivity index (χ3n) is 2.26. The van der Waals surface area contributed by atoms with Crippen molar-refractivity contribution in [3.63, 3.8) is 0 Å². The minimum atomic E-state index is -0.534. The van der Waals surface area contributed by atoms with E-state index in [0.717, 1.165) is 0 Å². The van der Waals surface area contributed by atoms with Crippen LogP contribution in [0.4, 0.5) is 10.7 Å². The number of benzene rings is 1. The molecule has 0 bridgehead atoms. The predicted octanol–water partition coefficient (Wildman–Crippen LogP) is 2.47. The molecule has 1 aromatic heterocycles. The van der Waals surface area contributed by atoms with E-state index in [4.69, 9.17) is 5.73 Å². The lowest BCUT2D eigenvalue weighted by atomic mass is 10.1. The second kappa shape index (κ2) is 4.34. The molecular formula is C11H8N2O3S. The highest BCUT2D eigenvalue weighted by Gasteiger charge is 2.15. The van der Waals surface area contributed by atoms with Gasteiger partial charge in [-0.05, 0) is 11.4 Å². The number of carbonyl (C=O) groups excluding carboxylic acids is 1. The van der Waals surface area contributed by atoms with Crippen molar-refractivity contribution in [2.45, 2.75) is 0 Å². The Labute approximate surface area is 101 Å². The zero-order valence-electron chi connectivity index (χ0n) is 8.62. The average molecular weight is 248 g/mol. The Morgan fingerprint density at radius 2 is 2.12 bits per heavy atom. The first-order valence-corrected chi connectivity index (χ1v) is 5.59. The van der Waals surface area contributed by atoms with Gasteiger partial charge < -0.3 is 5.73 Å². The number of ketones is 1. The molecule has 1 heterocycles. The minimum absolute atomic E-state index is 0.107. The standard InChI is InChI=1S/C11H8N2O3S/c12-11-9(4-5-17-11)10(14)7-2-1-3-8(6-7)13(15)16/h1-6H,12H2. The number of nitrogens with zero attached hydrogens (tertiary/aromatic N) is 1. The van der Waals surface area contributed by atoms with Gasteiger partial charge in [0.15, 0.2) is 5.78 Å². The van der Waals surface area contributed by atoms with Gasteiger partial charge in [-0.1, -0.05) is 12.1 Å². The van der Waals surface area contributed by atoms with Crippen LogP contribution in [0.25, 0.3) is 0 Å². The number of hydrogen-bond donors (Lipinski definition) is 1. The topological polar surface area (TPSA) is 86.2 Å². The second-order valence-electron chi connectivity index (χ2n) is 3.34. The van der Waals surface area contributed by atoms with Crippen molar-refractivity contribution < 1.29 is 9.72 Å². The van der Waals surface area contributed by atoms with Gasteiger partial charge in [0.1, 0.15) is 0 Å². The molecule has 2 N–H and O–H groups in total. The summed E-state index contributed by atoms with van der Waals surface area (Å²) < 4.78 is 0. The number of anilines is 1. The van der Waals surface area contributed by atoms with Crippen molar-refractivity contribution in [2.24, 2.45) is 0 Å². The van der Waals surface area contributed by atoms with Gasteiger partial charge in [0.05, 0.1) is 15.5 Å². The monoisotopic (exact) mass is 248 g/mol. The molecular weight excluding hydrogens is 240 g/mol. The van der Waals surface area contributed by atoms with E-state index in [-0.39, 0.29) is 17.0 Å². The van der Waals surface area contributed by atoms with E-state index in [0.29, 0.717) is 10.6 Å². The maximum absolute atomic E-state index is 12.0. The Hall–Kier alpha value is -2.21. The molecule has 1 aromatic carbocycles. The van der Waals surface area contributed by atoms with Crippen molar-refractivity contribution in [3.05, 3.63) is 57.0 Å². The molecule has 0 aliphatic carbocycles. The summed E-state index contributed by atoms with van der Waals surface area (Å²) in [6, 6.07) is 7.22. The van der Waals surface area contributed by atoms with Crippen molar-refractivity contribution in [1.29, 1.82) is 0 Å². The van der Waals surface area contributed by atoms with Crippen molar-refractivity contribution in [1.82, 2.24) is 0 Å². The minimum Gasteiger partial charge on any atom is -0.390 e. The summed E-state index contributed by atoms with van der Waals surface area (Å²) >= 11 is 1.26. The zero-order valence-corrected chi connectivity index (χ0v) is 9.44. The van der Waals surface area contributed by atoms with Crippen LogP contribution >= 0.6 is 11.3 Å². The van der Waals surface area contributed by atoms with Gasteiger partial charge in [-0.3, -0.25) is 14.9 Å². The number of thiophene rings is 1. The largest absolute Gasteiger partial charge is 0.390 e. The molecule has 5 nitrogen and oxygen atoms in total. The number of carbonyl (C=O) groups is 1. The Balaban J connectivity index is 2.41. The van der Waals surface area contributed by atoms with Crippen LogP contribution in [0.1, 0.15) is 15.9 Å². The van der Waals surface area contributed by atoms with Crippen LogP contribution in [-0.2, 0) is 0 Å². The van der Waals surface area contributed by atoms with Gasteiger partial charge in [-0.15, -0.1) is 11.3 Å².